The minimum atomic E-state index is -0.793. The molecule has 0 unspecified atom stereocenters. The van der Waals surface area contributed by atoms with Crippen LogP contribution < -0.4 is 14.8 Å². The summed E-state index contributed by atoms with van der Waals surface area (Å²) in [6, 6.07) is 16.2. The minimum Gasteiger partial charge on any atom is -0.493 e. The summed E-state index contributed by atoms with van der Waals surface area (Å²) in [6.45, 7) is 6.25. The molecule has 0 aliphatic heterocycles. The fourth-order valence-electron chi connectivity index (χ4n) is 4.30. The van der Waals surface area contributed by atoms with Crippen molar-refractivity contribution >= 4 is 34.2 Å². The molecule has 2 aromatic carbocycles. The fourth-order valence-corrected chi connectivity index (χ4v) is 5.13. The number of carbonyl (C=O) groups excluding carboxylic acids is 2. The maximum Gasteiger partial charge on any atom is 0.248 e. The van der Waals surface area contributed by atoms with Gasteiger partial charge in [-0.1, -0.05) is 36.4 Å². The SMILES string of the molecule is CCC(C)(C)NC(=O)[C@@H](c1cccs1)N(CCc1ccc(OC)c(OC)c1)C(=O)Cn1nnc2ccccc21. The molecule has 2 heterocycles. The molecule has 2 aromatic heterocycles. The van der Waals surface area contributed by atoms with Crippen molar-refractivity contribution in [3.63, 3.8) is 0 Å². The van der Waals surface area contributed by atoms with Gasteiger partial charge in [0.2, 0.25) is 11.8 Å². The van der Waals surface area contributed by atoms with Gasteiger partial charge in [0.1, 0.15) is 18.1 Å². The van der Waals surface area contributed by atoms with E-state index >= 15 is 0 Å². The lowest BCUT2D eigenvalue weighted by molar-refractivity contribution is -0.142. The van der Waals surface area contributed by atoms with Crippen molar-refractivity contribution in [2.24, 2.45) is 0 Å². The van der Waals surface area contributed by atoms with Gasteiger partial charge in [-0.05, 0) is 68.0 Å². The van der Waals surface area contributed by atoms with Crippen molar-refractivity contribution in [3.8, 4) is 11.5 Å². The second-order valence-corrected chi connectivity index (χ2v) is 10.9. The van der Waals surface area contributed by atoms with Crippen molar-refractivity contribution in [2.45, 2.75) is 51.7 Å². The summed E-state index contributed by atoms with van der Waals surface area (Å²) in [5.74, 6) is 0.798. The zero-order valence-corrected chi connectivity index (χ0v) is 23.8. The lowest BCUT2D eigenvalue weighted by Gasteiger charge is -2.34. The summed E-state index contributed by atoms with van der Waals surface area (Å²) in [5.41, 5.74) is 2.00. The Morgan fingerprint density at radius 1 is 1.08 bits per heavy atom. The summed E-state index contributed by atoms with van der Waals surface area (Å²) >= 11 is 1.46. The second-order valence-electron chi connectivity index (χ2n) is 9.91. The van der Waals surface area contributed by atoms with E-state index in [1.54, 1.807) is 23.8 Å². The molecule has 0 saturated heterocycles. The van der Waals surface area contributed by atoms with Gasteiger partial charge in [-0.2, -0.15) is 0 Å². The molecule has 39 heavy (non-hydrogen) atoms. The number of aromatic nitrogens is 3. The Hall–Kier alpha value is -3.92. The van der Waals surface area contributed by atoms with Crippen molar-refractivity contribution in [1.29, 1.82) is 0 Å². The van der Waals surface area contributed by atoms with E-state index in [4.69, 9.17) is 9.47 Å². The first-order valence-electron chi connectivity index (χ1n) is 12.9. The number of benzene rings is 2. The molecule has 0 saturated carbocycles. The van der Waals surface area contributed by atoms with Crippen LogP contribution in [0.4, 0.5) is 0 Å². The predicted octanol–water partition coefficient (Wildman–Crippen LogP) is 4.63. The molecule has 4 aromatic rings. The Labute approximate surface area is 232 Å². The molecule has 2 amide bonds. The van der Waals surface area contributed by atoms with Crippen LogP contribution in [0.3, 0.4) is 0 Å². The molecule has 4 rings (SSSR count). The third-order valence-corrected chi connectivity index (χ3v) is 7.76. The Balaban J connectivity index is 1.68. The summed E-state index contributed by atoms with van der Waals surface area (Å²) in [7, 11) is 3.18. The number of ether oxygens (including phenoxy) is 2. The van der Waals surface area contributed by atoms with Crippen LogP contribution in [0.5, 0.6) is 11.5 Å². The first-order valence-corrected chi connectivity index (χ1v) is 13.8. The van der Waals surface area contributed by atoms with E-state index < -0.39 is 11.6 Å². The first kappa shape index (κ1) is 28.1. The van der Waals surface area contributed by atoms with Crippen molar-refractivity contribution < 1.29 is 19.1 Å². The Kier molecular flexibility index (Phi) is 8.86. The quantitative estimate of drug-likeness (QED) is 0.277. The number of para-hydroxylation sites is 1. The highest BCUT2D eigenvalue weighted by Gasteiger charge is 2.34. The summed E-state index contributed by atoms with van der Waals surface area (Å²) < 4.78 is 12.4. The van der Waals surface area contributed by atoms with Crippen molar-refractivity contribution in [2.75, 3.05) is 20.8 Å². The van der Waals surface area contributed by atoms with E-state index in [0.717, 1.165) is 22.4 Å². The number of nitrogens with zero attached hydrogens (tertiary/aromatic N) is 4. The molecule has 9 nitrogen and oxygen atoms in total. The average Bonchev–Trinajstić information content (AvgIpc) is 3.61. The van der Waals surface area contributed by atoms with Gasteiger partial charge in [0.25, 0.3) is 0 Å². The molecule has 0 fully saturated rings. The van der Waals surface area contributed by atoms with Gasteiger partial charge in [0.05, 0.1) is 19.7 Å². The number of carbonyl (C=O) groups is 2. The van der Waals surface area contributed by atoms with Gasteiger partial charge in [-0.3, -0.25) is 9.59 Å². The standard InChI is InChI=1S/C29H35N5O4S/c1-6-29(2,3)30-28(36)27(25-12-9-17-39-25)33(16-15-20-13-14-23(37-4)24(18-20)38-5)26(35)19-34-22-11-8-7-10-21(22)31-32-34/h7-14,17-18,27H,6,15-16,19H2,1-5H3,(H,30,36)/t27-/m1/s1. The summed E-state index contributed by atoms with van der Waals surface area (Å²) in [4.78, 5) is 30.2. The smallest absolute Gasteiger partial charge is 0.248 e. The molecule has 10 heteroatoms. The zero-order chi connectivity index (χ0) is 28.0. The molecular formula is C29H35N5O4S. The van der Waals surface area contributed by atoms with E-state index in [0.29, 0.717) is 30.0 Å². The number of amides is 2. The Bertz CT molecular complexity index is 1420. The lowest BCUT2D eigenvalue weighted by atomic mass is 10.0. The number of rotatable bonds is 12. The van der Waals surface area contributed by atoms with Gasteiger partial charge in [0.15, 0.2) is 11.5 Å². The number of hydrogen-bond acceptors (Lipinski definition) is 7. The van der Waals surface area contributed by atoms with Crippen LogP contribution in [0.2, 0.25) is 0 Å². The second kappa shape index (κ2) is 12.3. The monoisotopic (exact) mass is 549 g/mol. The van der Waals surface area contributed by atoms with Gasteiger partial charge in [-0.25, -0.2) is 4.68 Å². The molecule has 206 valence electrons. The van der Waals surface area contributed by atoms with E-state index in [2.05, 4.69) is 15.6 Å². The first-order chi connectivity index (χ1) is 18.8. The third kappa shape index (κ3) is 6.57. The molecule has 1 atom stereocenters. The normalized spacial score (nSPS) is 12.2. The van der Waals surface area contributed by atoms with Crippen LogP contribution in [0, 0.1) is 0 Å². The van der Waals surface area contributed by atoms with Gasteiger partial charge < -0.3 is 19.7 Å². The molecular weight excluding hydrogens is 514 g/mol. The van der Waals surface area contributed by atoms with Crippen LogP contribution in [-0.2, 0) is 22.6 Å². The number of thiophene rings is 1. The summed E-state index contributed by atoms with van der Waals surface area (Å²) in [5, 5.41) is 13.5. The largest absolute Gasteiger partial charge is 0.493 e. The Morgan fingerprint density at radius 3 is 2.54 bits per heavy atom. The van der Waals surface area contributed by atoms with E-state index in [9.17, 15) is 9.59 Å². The number of nitrogens with one attached hydrogen (secondary N) is 1. The number of fused-ring (bicyclic) bond motifs is 1. The van der Waals surface area contributed by atoms with Crippen molar-refractivity contribution in [1.82, 2.24) is 25.2 Å². The molecule has 0 aliphatic rings. The lowest BCUT2D eigenvalue weighted by Crippen LogP contribution is -2.51. The van der Waals surface area contributed by atoms with Gasteiger partial charge >= 0.3 is 0 Å². The van der Waals surface area contributed by atoms with Crippen LogP contribution in [-0.4, -0.2) is 58.0 Å². The molecule has 0 aliphatic carbocycles. The van der Waals surface area contributed by atoms with Gasteiger partial charge in [-0.15, -0.1) is 16.4 Å². The highest BCUT2D eigenvalue weighted by Crippen LogP contribution is 2.30. The van der Waals surface area contributed by atoms with Crippen molar-refractivity contribution in [3.05, 3.63) is 70.4 Å². The minimum absolute atomic E-state index is 0.0429. The van der Waals surface area contributed by atoms with E-state index in [-0.39, 0.29) is 18.4 Å². The predicted molar refractivity (Wildman–Crippen MR) is 152 cm³/mol. The number of hydrogen-bond donors (Lipinski definition) is 1. The highest BCUT2D eigenvalue weighted by molar-refractivity contribution is 7.10. The molecule has 0 radical (unpaired) electrons. The summed E-state index contributed by atoms with van der Waals surface area (Å²) in [6.07, 6.45) is 1.26. The van der Waals surface area contributed by atoms with Gasteiger partial charge in [0, 0.05) is 17.0 Å². The molecule has 0 bridgehead atoms. The molecule has 1 N–H and O–H groups in total. The third-order valence-electron chi connectivity index (χ3n) is 6.83. The van der Waals surface area contributed by atoms with Crippen LogP contribution >= 0.6 is 11.3 Å². The molecule has 0 spiro atoms. The average molecular weight is 550 g/mol. The Morgan fingerprint density at radius 2 is 1.85 bits per heavy atom. The van der Waals surface area contributed by atoms with E-state index in [1.165, 1.54) is 11.3 Å². The number of methoxy groups -OCH3 is 2. The highest BCUT2D eigenvalue weighted by atomic mass is 32.1. The zero-order valence-electron chi connectivity index (χ0n) is 23.0. The van der Waals surface area contributed by atoms with Crippen LogP contribution in [0.15, 0.2) is 60.0 Å². The maximum absolute atomic E-state index is 14.0. The van der Waals surface area contributed by atoms with E-state index in [1.807, 2.05) is 80.7 Å². The fraction of sp³-hybridized carbons (Fsp3) is 0.379. The van der Waals surface area contributed by atoms with Crippen LogP contribution in [0.1, 0.15) is 43.7 Å². The topological polar surface area (TPSA) is 98.6 Å². The maximum atomic E-state index is 14.0. The van der Waals surface area contributed by atoms with Crippen LogP contribution in [0.25, 0.3) is 11.0 Å².